The molecule has 3 aliphatic rings. The highest BCUT2D eigenvalue weighted by Crippen LogP contribution is 2.52. The third kappa shape index (κ3) is 6.14. The van der Waals surface area contributed by atoms with E-state index < -0.39 is 5.82 Å². The molecule has 0 unspecified atom stereocenters. The molecule has 1 saturated heterocycles. The van der Waals surface area contributed by atoms with Gasteiger partial charge in [-0.25, -0.2) is 14.4 Å². The monoisotopic (exact) mass is 640 g/mol. The van der Waals surface area contributed by atoms with Crippen molar-refractivity contribution in [3.05, 3.63) is 83.6 Å². The minimum atomic E-state index is -0.495. The summed E-state index contributed by atoms with van der Waals surface area (Å²) in [4.78, 5) is 33.0. The summed E-state index contributed by atoms with van der Waals surface area (Å²) in [5.41, 5.74) is 3.83. The Morgan fingerprint density at radius 2 is 1.94 bits per heavy atom. The zero-order valence-electron chi connectivity index (χ0n) is 27.4. The van der Waals surface area contributed by atoms with Gasteiger partial charge >= 0.3 is 0 Å². The summed E-state index contributed by atoms with van der Waals surface area (Å²) in [6, 6.07) is 8.06. The second-order valence-corrected chi connectivity index (χ2v) is 13.3. The van der Waals surface area contributed by atoms with Crippen LogP contribution in [-0.4, -0.2) is 78.8 Å². The second-order valence-electron chi connectivity index (χ2n) is 13.3. The average molecular weight is 641 g/mol. The maximum Gasteiger partial charge on any atom is 0.257 e. The number of benzene rings is 1. The Balaban J connectivity index is 0.991. The van der Waals surface area contributed by atoms with Crippen LogP contribution in [0, 0.1) is 11.2 Å². The van der Waals surface area contributed by atoms with Crippen LogP contribution in [-0.2, 0) is 26.6 Å². The topological polar surface area (TPSA) is 102 Å². The van der Waals surface area contributed by atoms with Crippen molar-refractivity contribution in [2.24, 2.45) is 12.5 Å². The first kappa shape index (κ1) is 31.0. The van der Waals surface area contributed by atoms with Gasteiger partial charge in [0, 0.05) is 87.8 Å². The van der Waals surface area contributed by atoms with E-state index in [0.717, 1.165) is 63.4 Å². The highest BCUT2D eigenvalue weighted by molar-refractivity contribution is 5.97. The molecule has 12 heteroatoms. The highest BCUT2D eigenvalue weighted by Gasteiger charge is 2.54. The molecule has 1 spiro atoms. The van der Waals surface area contributed by atoms with Crippen molar-refractivity contribution >= 4 is 11.7 Å². The van der Waals surface area contributed by atoms with E-state index in [1.807, 2.05) is 51.0 Å². The van der Waals surface area contributed by atoms with Crippen LogP contribution in [0.25, 0.3) is 0 Å². The fraction of sp³-hybridized carbons (Fsp3) is 0.457. The Kier molecular flexibility index (Phi) is 8.29. The number of nitrogens with zero attached hydrogens (tertiary/aromatic N) is 8. The lowest BCUT2D eigenvalue weighted by Gasteiger charge is -2.59. The number of ether oxygens (including phenoxy) is 2. The molecule has 2 fully saturated rings. The van der Waals surface area contributed by atoms with Crippen LogP contribution in [0.2, 0.25) is 0 Å². The molecule has 1 saturated carbocycles. The third-order valence-corrected chi connectivity index (χ3v) is 9.70. The number of rotatable bonds is 10. The van der Waals surface area contributed by atoms with E-state index in [-0.39, 0.29) is 34.8 Å². The summed E-state index contributed by atoms with van der Waals surface area (Å²) in [5.74, 6) is 1.53. The predicted octanol–water partition coefficient (Wildman–Crippen LogP) is 5.01. The number of aromatic nitrogens is 5. The average Bonchev–Trinajstić information content (AvgIpc) is 3.43. The number of carbonyl (C=O) groups excluding carboxylic acids is 1. The first-order chi connectivity index (χ1) is 22.7. The van der Waals surface area contributed by atoms with Gasteiger partial charge in [-0.15, -0.1) is 0 Å². The molecule has 3 aromatic heterocycles. The molecule has 47 heavy (non-hydrogen) atoms. The molecule has 246 valence electrons. The second kappa shape index (κ2) is 12.6. The standard InChI is InChI=1S/C35H41FN8O3/c1-5-44(23(2)3)34(45)27-14-24(36)6-7-30(27)47-32-17-37-22-39-33(32)43-20-35(21-43)15-26(16-35)46-31-9-11-38-29-10-13-42(19-28(29)31)18-25-8-12-40-41(25)4/h6-9,11-12,14,17,22-23,26H,5,10,13,15-16,18-21H2,1-4H3. The fourth-order valence-corrected chi connectivity index (χ4v) is 7.23. The third-order valence-electron chi connectivity index (χ3n) is 9.70. The Hall–Kier alpha value is -4.58. The molecule has 0 atom stereocenters. The van der Waals surface area contributed by atoms with Gasteiger partial charge in [0.05, 0.1) is 17.5 Å². The molecule has 5 heterocycles. The molecular formula is C35H41FN8O3. The summed E-state index contributed by atoms with van der Waals surface area (Å²) < 4.78 is 29.1. The van der Waals surface area contributed by atoms with E-state index in [2.05, 4.69) is 35.9 Å². The van der Waals surface area contributed by atoms with Gasteiger partial charge in [-0.3, -0.25) is 19.4 Å². The molecule has 0 radical (unpaired) electrons. The molecule has 1 aliphatic carbocycles. The first-order valence-electron chi connectivity index (χ1n) is 16.4. The maximum absolute atomic E-state index is 14.3. The Labute approximate surface area is 274 Å². The van der Waals surface area contributed by atoms with Gasteiger partial charge in [-0.05, 0) is 63.9 Å². The van der Waals surface area contributed by atoms with Crippen LogP contribution in [0.5, 0.6) is 17.2 Å². The van der Waals surface area contributed by atoms with Crippen LogP contribution in [0.15, 0.2) is 55.2 Å². The Morgan fingerprint density at radius 3 is 2.68 bits per heavy atom. The summed E-state index contributed by atoms with van der Waals surface area (Å²) in [5, 5.41) is 4.31. The normalized spacial score (nSPS) is 17.3. The van der Waals surface area contributed by atoms with E-state index in [0.29, 0.717) is 18.1 Å². The molecule has 1 amide bonds. The molecule has 4 aromatic rings. The van der Waals surface area contributed by atoms with Crippen molar-refractivity contribution in [2.75, 3.05) is 31.1 Å². The van der Waals surface area contributed by atoms with E-state index in [1.54, 1.807) is 11.1 Å². The minimum Gasteiger partial charge on any atom is -0.490 e. The molecule has 11 nitrogen and oxygen atoms in total. The Bertz CT molecular complexity index is 1760. The van der Waals surface area contributed by atoms with E-state index in [4.69, 9.17) is 9.47 Å². The molecule has 0 bridgehead atoms. The summed E-state index contributed by atoms with van der Waals surface area (Å²) in [6.45, 7) is 10.5. The lowest BCUT2D eigenvalue weighted by molar-refractivity contribution is -0.0353. The Morgan fingerprint density at radius 1 is 1.11 bits per heavy atom. The maximum atomic E-state index is 14.3. The van der Waals surface area contributed by atoms with E-state index in [9.17, 15) is 9.18 Å². The summed E-state index contributed by atoms with van der Waals surface area (Å²) >= 11 is 0. The number of halogens is 1. The smallest absolute Gasteiger partial charge is 0.257 e. The van der Waals surface area contributed by atoms with Crippen molar-refractivity contribution in [1.29, 1.82) is 0 Å². The van der Waals surface area contributed by atoms with Gasteiger partial charge < -0.3 is 19.3 Å². The summed E-state index contributed by atoms with van der Waals surface area (Å²) in [6.07, 6.45) is 9.77. The van der Waals surface area contributed by atoms with Gasteiger partial charge in [0.25, 0.3) is 5.91 Å². The SMILES string of the molecule is CCN(C(=O)c1cc(F)ccc1Oc1cncnc1N1CC2(CC(Oc3ccnc4c3CN(Cc3ccnn3C)CC4)C2)C1)C(C)C. The largest absolute Gasteiger partial charge is 0.490 e. The fourth-order valence-electron chi connectivity index (χ4n) is 7.23. The van der Waals surface area contributed by atoms with Gasteiger partial charge in [0.2, 0.25) is 0 Å². The van der Waals surface area contributed by atoms with Crippen LogP contribution >= 0.6 is 0 Å². The number of fused-ring (bicyclic) bond motifs is 1. The summed E-state index contributed by atoms with van der Waals surface area (Å²) in [7, 11) is 1.98. The number of pyridine rings is 1. The minimum absolute atomic E-state index is 0.0391. The van der Waals surface area contributed by atoms with Gasteiger partial charge in [0.15, 0.2) is 11.6 Å². The zero-order valence-corrected chi connectivity index (χ0v) is 27.4. The van der Waals surface area contributed by atoms with Crippen molar-refractivity contribution < 1.29 is 18.7 Å². The number of carbonyl (C=O) groups is 1. The van der Waals surface area contributed by atoms with Gasteiger partial charge in [-0.2, -0.15) is 5.10 Å². The molecular weight excluding hydrogens is 599 g/mol. The van der Waals surface area contributed by atoms with Crippen molar-refractivity contribution in [1.82, 2.24) is 34.5 Å². The van der Waals surface area contributed by atoms with Crippen LogP contribution < -0.4 is 14.4 Å². The lowest BCUT2D eigenvalue weighted by atomic mass is 9.61. The van der Waals surface area contributed by atoms with E-state index in [1.165, 1.54) is 35.8 Å². The molecule has 1 aromatic carbocycles. The molecule has 2 aliphatic heterocycles. The van der Waals surface area contributed by atoms with Crippen LogP contribution in [0.4, 0.5) is 10.2 Å². The number of hydrogen-bond acceptors (Lipinski definition) is 9. The van der Waals surface area contributed by atoms with Crippen LogP contribution in [0.1, 0.15) is 60.9 Å². The highest BCUT2D eigenvalue weighted by atomic mass is 19.1. The molecule has 7 rings (SSSR count). The quantitative estimate of drug-likeness (QED) is 0.237. The predicted molar refractivity (Wildman–Crippen MR) is 174 cm³/mol. The number of aryl methyl sites for hydroxylation is 1. The van der Waals surface area contributed by atoms with Gasteiger partial charge in [0.1, 0.15) is 29.7 Å². The van der Waals surface area contributed by atoms with Crippen molar-refractivity contribution in [3.8, 4) is 17.2 Å². The zero-order chi connectivity index (χ0) is 32.7. The van der Waals surface area contributed by atoms with Crippen LogP contribution in [0.3, 0.4) is 0 Å². The number of amides is 1. The molecule has 0 N–H and O–H groups in total. The lowest BCUT2D eigenvalue weighted by Crippen LogP contribution is -2.65. The number of anilines is 1. The van der Waals surface area contributed by atoms with E-state index >= 15 is 0 Å². The van der Waals surface area contributed by atoms with Crippen molar-refractivity contribution in [3.63, 3.8) is 0 Å². The number of hydrogen-bond donors (Lipinski definition) is 0. The van der Waals surface area contributed by atoms with Crippen molar-refractivity contribution in [2.45, 2.75) is 65.3 Å². The first-order valence-corrected chi connectivity index (χ1v) is 16.4. The van der Waals surface area contributed by atoms with Gasteiger partial charge in [-0.1, -0.05) is 0 Å².